The molecule has 0 radical (unpaired) electrons. The van der Waals surface area contributed by atoms with Gasteiger partial charge in [0.05, 0.1) is 24.4 Å². The molecule has 0 spiro atoms. The number of ether oxygens (including phenoxy) is 2. The van der Waals surface area contributed by atoms with Gasteiger partial charge < -0.3 is 9.47 Å². The predicted molar refractivity (Wildman–Crippen MR) is 112 cm³/mol. The minimum atomic E-state index is -0.606. The fourth-order valence-corrected chi connectivity index (χ4v) is 3.15. The summed E-state index contributed by atoms with van der Waals surface area (Å²) >= 11 is 6.02. The number of nitrogens with zero attached hydrogens (tertiary/aromatic N) is 2. The van der Waals surface area contributed by atoms with Crippen molar-refractivity contribution in [3.05, 3.63) is 64.7 Å². The monoisotopic (exact) mass is 414 g/mol. The van der Waals surface area contributed by atoms with E-state index in [9.17, 15) is 9.59 Å². The molecule has 1 heterocycles. The topological polar surface area (TPSA) is 68.2 Å². The summed E-state index contributed by atoms with van der Waals surface area (Å²) in [5.74, 6) is -0.852. The summed E-state index contributed by atoms with van der Waals surface area (Å²) in [7, 11) is 1.34. The highest BCUT2D eigenvalue weighted by atomic mass is 35.5. The molecule has 29 heavy (non-hydrogen) atoms. The number of halogens is 1. The highest BCUT2D eigenvalue weighted by molar-refractivity contribution is 6.37. The Labute approximate surface area is 175 Å². The number of esters is 2. The highest BCUT2D eigenvalue weighted by Gasteiger charge is 2.34. The van der Waals surface area contributed by atoms with Gasteiger partial charge in [-0.3, -0.25) is 5.01 Å². The quantitative estimate of drug-likeness (QED) is 0.673. The number of anilines is 1. The first-order chi connectivity index (χ1) is 13.7. The first-order valence-corrected chi connectivity index (χ1v) is 9.59. The number of hydrazone groups is 1. The van der Waals surface area contributed by atoms with Crippen molar-refractivity contribution in [3.8, 4) is 0 Å². The van der Waals surface area contributed by atoms with Gasteiger partial charge in [0, 0.05) is 11.4 Å². The van der Waals surface area contributed by atoms with Gasteiger partial charge in [0.15, 0.2) is 0 Å². The normalized spacial score (nSPS) is 16.4. The molecule has 0 fully saturated rings. The van der Waals surface area contributed by atoms with Gasteiger partial charge in [-0.2, -0.15) is 5.10 Å². The molecule has 0 aliphatic carbocycles. The van der Waals surface area contributed by atoms with E-state index in [1.165, 1.54) is 7.11 Å². The van der Waals surface area contributed by atoms with Crippen molar-refractivity contribution < 1.29 is 19.1 Å². The van der Waals surface area contributed by atoms with Crippen LogP contribution in [0.15, 0.2) is 53.6 Å². The second-order valence-electron chi connectivity index (χ2n) is 7.70. The second kappa shape index (κ2) is 8.25. The smallest absolute Gasteiger partial charge is 0.355 e. The minimum absolute atomic E-state index is 0.196. The lowest BCUT2D eigenvalue weighted by Crippen LogP contribution is -2.28. The highest BCUT2D eigenvalue weighted by Crippen LogP contribution is 2.36. The SMILES string of the molecule is COC(=O)c1ccc(N2N=C(C(=O)OC(C)(C)C)CC2c2ccc(Cl)cc2)cc1. The van der Waals surface area contributed by atoms with E-state index < -0.39 is 17.5 Å². The van der Waals surface area contributed by atoms with E-state index in [1.54, 1.807) is 41.4 Å². The van der Waals surface area contributed by atoms with E-state index in [0.717, 1.165) is 11.3 Å². The van der Waals surface area contributed by atoms with Gasteiger partial charge in [0.2, 0.25) is 0 Å². The zero-order valence-corrected chi connectivity index (χ0v) is 17.6. The molecule has 0 bridgehead atoms. The standard InChI is InChI=1S/C22H23ClN2O4/c1-22(2,3)29-21(27)18-13-19(14-5-9-16(23)10-6-14)25(24-18)17-11-7-15(8-12-17)20(26)28-4/h5-12,19H,13H2,1-4H3. The summed E-state index contributed by atoms with van der Waals surface area (Å²) in [4.78, 5) is 24.3. The maximum Gasteiger partial charge on any atom is 0.355 e. The zero-order valence-electron chi connectivity index (χ0n) is 16.8. The molecule has 0 saturated carbocycles. The molecular weight excluding hydrogens is 392 g/mol. The first kappa shape index (κ1) is 20.9. The summed E-state index contributed by atoms with van der Waals surface area (Å²) in [6.45, 7) is 5.46. The summed E-state index contributed by atoms with van der Waals surface area (Å²) in [6.07, 6.45) is 0.398. The molecule has 0 N–H and O–H groups in total. The Hall–Kier alpha value is -2.86. The average molecular weight is 415 g/mol. The lowest BCUT2D eigenvalue weighted by atomic mass is 10.0. The molecule has 1 aliphatic heterocycles. The molecule has 0 amide bonds. The van der Waals surface area contributed by atoms with E-state index >= 15 is 0 Å². The van der Waals surface area contributed by atoms with Gasteiger partial charge in [-0.15, -0.1) is 0 Å². The third-order valence-electron chi connectivity index (χ3n) is 4.35. The van der Waals surface area contributed by atoms with Crippen molar-refractivity contribution in [2.75, 3.05) is 12.1 Å². The van der Waals surface area contributed by atoms with Crippen LogP contribution >= 0.6 is 11.6 Å². The number of carbonyl (C=O) groups excluding carboxylic acids is 2. The van der Waals surface area contributed by atoms with Crippen molar-refractivity contribution in [2.45, 2.75) is 38.8 Å². The number of rotatable bonds is 4. The van der Waals surface area contributed by atoms with Crippen LogP contribution in [-0.4, -0.2) is 30.4 Å². The van der Waals surface area contributed by atoms with Gasteiger partial charge in [-0.05, 0) is 62.7 Å². The average Bonchev–Trinajstić information content (AvgIpc) is 3.12. The van der Waals surface area contributed by atoms with Crippen molar-refractivity contribution in [2.24, 2.45) is 5.10 Å². The van der Waals surface area contributed by atoms with E-state index in [2.05, 4.69) is 5.10 Å². The Morgan fingerprint density at radius 2 is 1.66 bits per heavy atom. The molecular formula is C22H23ClN2O4. The molecule has 7 heteroatoms. The first-order valence-electron chi connectivity index (χ1n) is 9.22. The molecule has 1 unspecified atom stereocenters. The minimum Gasteiger partial charge on any atom is -0.465 e. The summed E-state index contributed by atoms with van der Waals surface area (Å²) in [5, 5.41) is 6.94. The number of hydrogen-bond donors (Lipinski definition) is 0. The zero-order chi connectivity index (χ0) is 21.2. The Balaban J connectivity index is 1.94. The van der Waals surface area contributed by atoms with Crippen molar-refractivity contribution in [3.63, 3.8) is 0 Å². The summed E-state index contributed by atoms with van der Waals surface area (Å²) in [6, 6.07) is 14.1. The largest absolute Gasteiger partial charge is 0.465 e. The van der Waals surface area contributed by atoms with Crippen molar-refractivity contribution in [1.82, 2.24) is 0 Å². The van der Waals surface area contributed by atoms with Crippen LogP contribution < -0.4 is 5.01 Å². The van der Waals surface area contributed by atoms with E-state index in [4.69, 9.17) is 21.1 Å². The molecule has 0 aromatic heterocycles. The third-order valence-corrected chi connectivity index (χ3v) is 4.60. The Bertz CT molecular complexity index is 931. The molecule has 152 valence electrons. The van der Waals surface area contributed by atoms with E-state index in [1.807, 2.05) is 32.9 Å². The van der Waals surface area contributed by atoms with Gasteiger partial charge in [0.1, 0.15) is 11.3 Å². The third kappa shape index (κ3) is 4.95. The molecule has 6 nitrogen and oxygen atoms in total. The molecule has 2 aromatic carbocycles. The molecule has 0 saturated heterocycles. The molecule has 1 aliphatic rings. The molecule has 2 aromatic rings. The van der Waals surface area contributed by atoms with Crippen LogP contribution in [0.5, 0.6) is 0 Å². The fourth-order valence-electron chi connectivity index (χ4n) is 3.02. The number of benzene rings is 2. The van der Waals surface area contributed by atoms with Crippen LogP contribution in [0.2, 0.25) is 5.02 Å². The second-order valence-corrected chi connectivity index (χ2v) is 8.14. The van der Waals surface area contributed by atoms with Gasteiger partial charge in [-0.1, -0.05) is 23.7 Å². The molecule has 3 rings (SSSR count). The van der Waals surface area contributed by atoms with Crippen LogP contribution in [0.4, 0.5) is 5.69 Å². The predicted octanol–water partition coefficient (Wildman–Crippen LogP) is 4.78. The van der Waals surface area contributed by atoms with Crippen molar-refractivity contribution in [1.29, 1.82) is 0 Å². The van der Waals surface area contributed by atoms with Crippen molar-refractivity contribution >= 4 is 34.9 Å². The maximum atomic E-state index is 12.6. The Morgan fingerprint density at radius 3 is 2.21 bits per heavy atom. The van der Waals surface area contributed by atoms with Crippen LogP contribution in [0, 0.1) is 0 Å². The number of carbonyl (C=O) groups is 2. The van der Waals surface area contributed by atoms with Crippen LogP contribution in [0.1, 0.15) is 49.2 Å². The van der Waals surface area contributed by atoms with Gasteiger partial charge in [0.25, 0.3) is 0 Å². The van der Waals surface area contributed by atoms with E-state index in [-0.39, 0.29) is 6.04 Å². The lowest BCUT2D eigenvalue weighted by molar-refractivity contribution is -0.146. The molecule has 1 atom stereocenters. The maximum absolute atomic E-state index is 12.6. The van der Waals surface area contributed by atoms with Crippen LogP contribution in [-0.2, 0) is 14.3 Å². The summed E-state index contributed by atoms with van der Waals surface area (Å²) in [5.41, 5.74) is 1.89. The van der Waals surface area contributed by atoms with E-state index in [0.29, 0.717) is 22.7 Å². The van der Waals surface area contributed by atoms with Gasteiger partial charge >= 0.3 is 11.9 Å². The van der Waals surface area contributed by atoms with Crippen LogP contribution in [0.25, 0.3) is 0 Å². The fraction of sp³-hybridized carbons (Fsp3) is 0.318. The number of methoxy groups -OCH3 is 1. The Morgan fingerprint density at radius 1 is 1.03 bits per heavy atom. The Kier molecular flexibility index (Phi) is 5.94. The lowest BCUT2D eigenvalue weighted by Gasteiger charge is -2.24. The summed E-state index contributed by atoms with van der Waals surface area (Å²) < 4.78 is 10.2. The van der Waals surface area contributed by atoms with Crippen LogP contribution in [0.3, 0.4) is 0 Å². The van der Waals surface area contributed by atoms with Gasteiger partial charge in [-0.25, -0.2) is 9.59 Å². The number of hydrogen-bond acceptors (Lipinski definition) is 6.